The Labute approximate surface area is 78.3 Å². The number of nitrogens with one attached hydrogen (secondary N) is 1. The van der Waals surface area contributed by atoms with Gasteiger partial charge in [-0.3, -0.25) is 0 Å². The van der Waals surface area contributed by atoms with Gasteiger partial charge in [-0.25, -0.2) is 4.79 Å². The lowest BCUT2D eigenvalue weighted by Crippen LogP contribution is -2.36. The topological polar surface area (TPSA) is 58.6 Å². The van der Waals surface area contributed by atoms with Crippen LogP contribution in [-0.2, 0) is 4.74 Å². The highest BCUT2D eigenvalue weighted by Crippen LogP contribution is 2.21. The zero-order valence-electron chi connectivity index (χ0n) is 7.95. The predicted molar refractivity (Wildman–Crippen MR) is 48.4 cm³/mol. The molecular weight excluding hydrogens is 170 g/mol. The van der Waals surface area contributed by atoms with Crippen LogP contribution in [0.15, 0.2) is 0 Å². The number of hydrogen-bond donors (Lipinski definition) is 2. The summed E-state index contributed by atoms with van der Waals surface area (Å²) in [6.07, 6.45) is 2.98. The third kappa shape index (κ3) is 3.63. The van der Waals surface area contributed by atoms with E-state index in [1.54, 1.807) is 0 Å². The van der Waals surface area contributed by atoms with Crippen LogP contribution in [0.5, 0.6) is 0 Å². The Morgan fingerprint density at radius 1 is 1.69 bits per heavy atom. The van der Waals surface area contributed by atoms with Crippen molar-refractivity contribution < 1.29 is 14.6 Å². The molecule has 0 spiro atoms. The minimum atomic E-state index is -0.464. The number of aliphatic hydroxyl groups is 1. The van der Waals surface area contributed by atoms with E-state index in [9.17, 15) is 4.79 Å². The zero-order valence-corrected chi connectivity index (χ0v) is 7.95. The summed E-state index contributed by atoms with van der Waals surface area (Å²) in [6.45, 7) is 2.14. The molecule has 1 aliphatic carbocycles. The van der Waals surface area contributed by atoms with Crippen molar-refractivity contribution >= 4 is 6.09 Å². The summed E-state index contributed by atoms with van der Waals surface area (Å²) >= 11 is 0. The van der Waals surface area contributed by atoms with Gasteiger partial charge in [-0.15, -0.1) is 0 Å². The molecule has 1 fully saturated rings. The van der Waals surface area contributed by atoms with Crippen molar-refractivity contribution in [3.63, 3.8) is 0 Å². The molecule has 1 unspecified atom stereocenters. The Hall–Kier alpha value is -0.770. The van der Waals surface area contributed by atoms with Crippen LogP contribution in [0.25, 0.3) is 0 Å². The van der Waals surface area contributed by atoms with Crippen LogP contribution in [0.3, 0.4) is 0 Å². The Bertz CT molecular complexity index is 168. The summed E-state index contributed by atoms with van der Waals surface area (Å²) in [6, 6.07) is 0. The Balaban J connectivity index is 2.03. The van der Waals surface area contributed by atoms with Crippen LogP contribution in [0.1, 0.15) is 32.6 Å². The first-order valence-corrected chi connectivity index (χ1v) is 4.85. The van der Waals surface area contributed by atoms with E-state index in [0.29, 0.717) is 6.42 Å². The number of ether oxygens (including phenoxy) is 1. The van der Waals surface area contributed by atoms with Crippen LogP contribution >= 0.6 is 0 Å². The predicted octanol–water partition coefficient (Wildman–Crippen LogP) is 1.04. The molecule has 1 amide bonds. The zero-order chi connectivity index (χ0) is 9.68. The number of alkyl carbamates (subject to hydrolysis) is 1. The molecule has 1 rings (SSSR count). The molecule has 1 aliphatic rings. The molecule has 1 saturated carbocycles. The van der Waals surface area contributed by atoms with Crippen LogP contribution in [0.4, 0.5) is 4.79 Å². The van der Waals surface area contributed by atoms with E-state index in [-0.39, 0.29) is 12.6 Å². The molecule has 0 saturated heterocycles. The molecule has 1 atom stereocenters. The number of carbonyl (C=O) groups excluding carboxylic acids is 1. The van der Waals surface area contributed by atoms with Crippen molar-refractivity contribution in [1.29, 1.82) is 0 Å². The van der Waals surface area contributed by atoms with E-state index < -0.39 is 12.2 Å². The Kier molecular flexibility index (Phi) is 4.02. The average molecular weight is 187 g/mol. The minimum absolute atomic E-state index is 0.110. The van der Waals surface area contributed by atoms with Gasteiger partial charge in [-0.1, -0.05) is 6.92 Å². The quantitative estimate of drug-likeness (QED) is 0.691. The van der Waals surface area contributed by atoms with Gasteiger partial charge in [0.25, 0.3) is 0 Å². The smallest absolute Gasteiger partial charge is 0.407 e. The van der Waals surface area contributed by atoms with Gasteiger partial charge in [0.15, 0.2) is 0 Å². The number of rotatable bonds is 4. The van der Waals surface area contributed by atoms with E-state index >= 15 is 0 Å². The van der Waals surface area contributed by atoms with Gasteiger partial charge >= 0.3 is 6.09 Å². The van der Waals surface area contributed by atoms with Crippen LogP contribution in [0.2, 0.25) is 0 Å². The van der Waals surface area contributed by atoms with E-state index in [1.807, 2.05) is 6.92 Å². The van der Waals surface area contributed by atoms with E-state index in [0.717, 1.165) is 19.3 Å². The SMILES string of the molecule is CCC(O)CNC(=O)OC1CCC1. The number of carbonyl (C=O) groups is 1. The molecule has 0 aromatic carbocycles. The Morgan fingerprint density at radius 2 is 2.38 bits per heavy atom. The second-order valence-electron chi connectivity index (χ2n) is 3.40. The molecule has 0 aromatic rings. The summed E-state index contributed by atoms with van der Waals surface area (Å²) < 4.78 is 5.02. The molecular formula is C9H17NO3. The lowest BCUT2D eigenvalue weighted by molar-refractivity contribution is 0.0492. The molecule has 0 heterocycles. The number of aliphatic hydroxyl groups excluding tert-OH is 1. The monoisotopic (exact) mass is 187 g/mol. The average Bonchev–Trinajstić information content (AvgIpc) is 2.07. The summed E-state index contributed by atoms with van der Waals surface area (Å²) in [7, 11) is 0. The fourth-order valence-electron chi connectivity index (χ4n) is 1.03. The van der Waals surface area contributed by atoms with E-state index in [1.165, 1.54) is 0 Å². The van der Waals surface area contributed by atoms with Crippen molar-refractivity contribution in [2.75, 3.05) is 6.54 Å². The van der Waals surface area contributed by atoms with Gasteiger partial charge in [-0.05, 0) is 25.7 Å². The second kappa shape index (κ2) is 5.07. The van der Waals surface area contributed by atoms with Gasteiger partial charge < -0.3 is 15.2 Å². The third-order valence-corrected chi connectivity index (χ3v) is 2.28. The van der Waals surface area contributed by atoms with Crippen molar-refractivity contribution in [3.8, 4) is 0 Å². The van der Waals surface area contributed by atoms with Crippen molar-refractivity contribution in [2.45, 2.75) is 44.8 Å². The summed E-state index contributed by atoms with van der Waals surface area (Å²) in [4.78, 5) is 11.0. The summed E-state index contributed by atoms with van der Waals surface area (Å²) in [5.74, 6) is 0. The molecule has 76 valence electrons. The van der Waals surface area contributed by atoms with Crippen molar-refractivity contribution in [2.24, 2.45) is 0 Å². The highest BCUT2D eigenvalue weighted by Gasteiger charge is 2.21. The maximum atomic E-state index is 11.0. The molecule has 0 bridgehead atoms. The summed E-state index contributed by atoms with van der Waals surface area (Å²) in [5.41, 5.74) is 0. The lowest BCUT2D eigenvalue weighted by atomic mass is 9.96. The molecule has 0 aliphatic heterocycles. The number of hydrogen-bond acceptors (Lipinski definition) is 3. The van der Waals surface area contributed by atoms with Gasteiger partial charge in [0, 0.05) is 6.54 Å². The largest absolute Gasteiger partial charge is 0.446 e. The maximum absolute atomic E-state index is 11.0. The van der Waals surface area contributed by atoms with Gasteiger partial charge in [-0.2, -0.15) is 0 Å². The summed E-state index contributed by atoms with van der Waals surface area (Å²) in [5, 5.41) is 11.7. The Morgan fingerprint density at radius 3 is 2.85 bits per heavy atom. The fraction of sp³-hybridized carbons (Fsp3) is 0.889. The van der Waals surface area contributed by atoms with Crippen molar-refractivity contribution in [1.82, 2.24) is 5.32 Å². The third-order valence-electron chi connectivity index (χ3n) is 2.28. The highest BCUT2D eigenvalue weighted by atomic mass is 16.6. The fourth-order valence-corrected chi connectivity index (χ4v) is 1.03. The van der Waals surface area contributed by atoms with Gasteiger partial charge in [0.2, 0.25) is 0 Å². The molecule has 4 heteroatoms. The van der Waals surface area contributed by atoms with Crippen LogP contribution in [0, 0.1) is 0 Å². The van der Waals surface area contributed by atoms with Crippen molar-refractivity contribution in [3.05, 3.63) is 0 Å². The van der Waals surface area contributed by atoms with Crippen LogP contribution < -0.4 is 5.32 Å². The first-order valence-electron chi connectivity index (χ1n) is 4.85. The normalized spacial score (nSPS) is 18.9. The standard InChI is InChI=1S/C9H17NO3/c1-2-7(11)6-10-9(12)13-8-4-3-5-8/h7-8,11H,2-6H2,1H3,(H,10,12). The van der Waals surface area contributed by atoms with Gasteiger partial charge in [0.1, 0.15) is 6.10 Å². The molecule has 4 nitrogen and oxygen atoms in total. The second-order valence-corrected chi connectivity index (χ2v) is 3.40. The molecule has 0 aromatic heterocycles. The maximum Gasteiger partial charge on any atom is 0.407 e. The lowest BCUT2D eigenvalue weighted by Gasteiger charge is -2.25. The first kappa shape index (κ1) is 10.3. The first-order chi connectivity index (χ1) is 6.22. The van der Waals surface area contributed by atoms with E-state index in [4.69, 9.17) is 9.84 Å². The molecule has 2 N–H and O–H groups in total. The molecule has 13 heavy (non-hydrogen) atoms. The minimum Gasteiger partial charge on any atom is -0.446 e. The van der Waals surface area contributed by atoms with E-state index in [2.05, 4.69) is 5.32 Å². The molecule has 0 radical (unpaired) electrons. The van der Waals surface area contributed by atoms with Gasteiger partial charge in [0.05, 0.1) is 6.10 Å². The van der Waals surface area contributed by atoms with Crippen LogP contribution in [-0.4, -0.2) is 30.0 Å². The number of amides is 1. The highest BCUT2D eigenvalue weighted by molar-refractivity contribution is 5.67.